The number of nitrogens with one attached hydrogen (secondary N) is 4. The molecular formula is C45H67N7O9. The normalized spacial score (nSPS) is 21.8. The molecule has 61 heavy (non-hydrogen) atoms. The number of ether oxygens (including phenoxy) is 1. The van der Waals surface area contributed by atoms with Crippen LogP contribution in [0.15, 0.2) is 24.3 Å². The van der Waals surface area contributed by atoms with Crippen molar-refractivity contribution in [2.45, 2.75) is 163 Å². The highest BCUT2D eigenvalue weighted by Gasteiger charge is 2.48. The Morgan fingerprint density at radius 1 is 0.885 bits per heavy atom. The molecule has 0 radical (unpaired) electrons. The second-order valence-corrected chi connectivity index (χ2v) is 20.3. The van der Waals surface area contributed by atoms with Gasteiger partial charge in [0, 0.05) is 44.9 Å². The molecule has 1 aromatic rings. The molecule has 4 aliphatic rings. The molecule has 5 rings (SSSR count). The van der Waals surface area contributed by atoms with Gasteiger partial charge in [-0.15, -0.1) is 0 Å². The van der Waals surface area contributed by atoms with E-state index in [4.69, 9.17) is 4.74 Å². The molecule has 3 heterocycles. The van der Waals surface area contributed by atoms with Gasteiger partial charge in [-0.1, -0.05) is 99.4 Å². The number of fused-ring (bicyclic) bond motifs is 1. The van der Waals surface area contributed by atoms with E-state index in [0.29, 0.717) is 32.4 Å². The number of carbonyl (C=O) groups excluding carboxylic acids is 8. The number of ketones is 1. The number of imide groups is 1. The van der Waals surface area contributed by atoms with E-state index in [2.05, 4.69) is 21.3 Å². The molecule has 5 atom stereocenters. The van der Waals surface area contributed by atoms with E-state index in [0.717, 1.165) is 24.0 Å². The van der Waals surface area contributed by atoms with Crippen molar-refractivity contribution in [3.63, 3.8) is 0 Å². The molecule has 8 amide bonds. The lowest BCUT2D eigenvalue weighted by molar-refractivity contribution is -0.153. The molecule has 2 saturated heterocycles. The van der Waals surface area contributed by atoms with E-state index in [1.807, 2.05) is 65.8 Å². The smallest absolute Gasteiger partial charge is 0.410 e. The molecule has 1 aliphatic carbocycles. The Hall–Kier alpha value is -5.02. The summed E-state index contributed by atoms with van der Waals surface area (Å²) in [5.41, 5.74) is 0.163. The van der Waals surface area contributed by atoms with Crippen LogP contribution in [0.5, 0.6) is 0 Å². The predicted molar refractivity (Wildman–Crippen MR) is 226 cm³/mol. The lowest BCUT2D eigenvalue weighted by atomic mass is 9.80. The predicted octanol–water partition coefficient (Wildman–Crippen LogP) is 3.98. The number of likely N-dealkylation sites (tertiary alicyclic amines) is 2. The van der Waals surface area contributed by atoms with Gasteiger partial charge in [0.05, 0.1) is 18.6 Å². The summed E-state index contributed by atoms with van der Waals surface area (Å²) in [7, 11) is 0. The van der Waals surface area contributed by atoms with E-state index in [1.54, 1.807) is 25.7 Å². The second kappa shape index (κ2) is 18.9. The minimum absolute atomic E-state index is 0.0561. The van der Waals surface area contributed by atoms with Gasteiger partial charge < -0.3 is 35.8 Å². The lowest BCUT2D eigenvalue weighted by Gasteiger charge is -2.40. The molecule has 4 N–H and O–H groups in total. The topological polar surface area (TPSA) is 204 Å². The fourth-order valence-corrected chi connectivity index (χ4v) is 8.11. The average Bonchev–Trinajstić information content (AvgIpc) is 3.89. The van der Waals surface area contributed by atoms with Crippen LogP contribution in [0, 0.1) is 16.2 Å². The van der Waals surface area contributed by atoms with E-state index in [1.165, 1.54) is 9.80 Å². The van der Waals surface area contributed by atoms with Gasteiger partial charge in [0.1, 0.15) is 18.2 Å². The fraction of sp³-hybridized carbons (Fsp3) is 0.689. The Morgan fingerprint density at radius 3 is 2.11 bits per heavy atom. The molecule has 2 unspecified atom stereocenters. The maximum absolute atomic E-state index is 14.8. The SMILES string of the molecule is CCCCC(NC(=O)[C@@H]1CC(OC(=O)N2CCc3ccccc3C2)CN1C(=O)[C@@H](NC(=O)N[C@H](CN1C(=O)CC(C)(C)CC1=O)C(C)(C)C)C(C)(C)C)C(=O)C(=O)NC1CC1. The van der Waals surface area contributed by atoms with Crippen LogP contribution < -0.4 is 21.3 Å². The molecule has 3 fully saturated rings. The number of urea groups is 1. The van der Waals surface area contributed by atoms with Crippen LogP contribution in [0.4, 0.5) is 9.59 Å². The molecule has 0 spiro atoms. The summed E-state index contributed by atoms with van der Waals surface area (Å²) in [4.78, 5) is 113. The van der Waals surface area contributed by atoms with Crippen molar-refractivity contribution in [3.05, 3.63) is 35.4 Å². The second-order valence-electron chi connectivity index (χ2n) is 20.3. The third-order valence-electron chi connectivity index (χ3n) is 12.1. The van der Waals surface area contributed by atoms with Crippen LogP contribution in [-0.2, 0) is 46.5 Å². The van der Waals surface area contributed by atoms with Gasteiger partial charge in [0.2, 0.25) is 29.4 Å². The summed E-state index contributed by atoms with van der Waals surface area (Å²) in [6.45, 7) is 17.1. The number of hydrogen-bond acceptors (Lipinski definition) is 9. The first-order valence-electron chi connectivity index (χ1n) is 21.9. The van der Waals surface area contributed by atoms with Crippen molar-refractivity contribution in [1.29, 1.82) is 0 Å². The molecule has 0 aromatic heterocycles. The van der Waals surface area contributed by atoms with Gasteiger partial charge in [-0.05, 0) is 53.1 Å². The van der Waals surface area contributed by atoms with E-state index < -0.39 is 82.1 Å². The number of nitrogens with zero attached hydrogens (tertiary/aromatic N) is 3. The fourth-order valence-electron chi connectivity index (χ4n) is 8.11. The van der Waals surface area contributed by atoms with Crippen molar-refractivity contribution in [2.75, 3.05) is 19.6 Å². The van der Waals surface area contributed by atoms with E-state index in [9.17, 15) is 38.4 Å². The van der Waals surface area contributed by atoms with Gasteiger partial charge in [0.15, 0.2) is 0 Å². The van der Waals surface area contributed by atoms with Crippen LogP contribution in [0.1, 0.15) is 125 Å². The average molecular weight is 850 g/mol. The minimum Gasteiger partial charge on any atom is -0.444 e. The Kier molecular flexibility index (Phi) is 14.6. The summed E-state index contributed by atoms with van der Waals surface area (Å²) in [6.07, 6.45) is 2.48. The third kappa shape index (κ3) is 12.3. The van der Waals surface area contributed by atoms with Crippen LogP contribution >= 0.6 is 0 Å². The van der Waals surface area contributed by atoms with Gasteiger partial charge in [0.25, 0.3) is 5.91 Å². The summed E-state index contributed by atoms with van der Waals surface area (Å²) in [6, 6.07) is 2.81. The molecular weight excluding hydrogens is 783 g/mol. The van der Waals surface area contributed by atoms with E-state index >= 15 is 0 Å². The Morgan fingerprint density at radius 2 is 1.52 bits per heavy atom. The van der Waals surface area contributed by atoms with Crippen molar-refractivity contribution in [3.8, 4) is 0 Å². The minimum atomic E-state index is -1.21. The summed E-state index contributed by atoms with van der Waals surface area (Å²) in [5, 5.41) is 11.2. The van der Waals surface area contributed by atoms with Gasteiger partial charge in [-0.2, -0.15) is 0 Å². The van der Waals surface area contributed by atoms with Crippen molar-refractivity contribution in [2.24, 2.45) is 16.2 Å². The molecule has 0 bridgehead atoms. The van der Waals surface area contributed by atoms with Crippen molar-refractivity contribution < 1.29 is 43.1 Å². The third-order valence-corrected chi connectivity index (χ3v) is 12.1. The van der Waals surface area contributed by atoms with Crippen molar-refractivity contribution in [1.82, 2.24) is 36.0 Å². The number of hydrogen-bond donors (Lipinski definition) is 4. The van der Waals surface area contributed by atoms with Gasteiger partial charge >= 0.3 is 12.1 Å². The standard InChI is InChI=1S/C45H67N7O9/c1-10-11-16-31(36(55)39(57)46-29-17-18-29)47-38(56)32-21-30(61-42(60)50-20-19-27-14-12-13-15-28(27)24-50)25-51(32)40(58)37(44(5,6)7)49-41(59)48-33(43(2,3)4)26-52-34(53)22-45(8,9)23-35(52)54/h12-15,29-33,37H,10-11,16-26H2,1-9H3,(H,46,57)(H,47,56)(H2,48,49,59)/t30?,31?,32-,33+,37+/m0/s1. The van der Waals surface area contributed by atoms with E-state index in [-0.39, 0.29) is 56.6 Å². The zero-order valence-corrected chi connectivity index (χ0v) is 37.5. The summed E-state index contributed by atoms with van der Waals surface area (Å²) < 4.78 is 5.99. The van der Waals surface area contributed by atoms with Crippen LogP contribution in [0.2, 0.25) is 0 Å². The number of unbranched alkanes of at least 4 members (excludes halogenated alkanes) is 1. The Balaban J connectivity index is 1.36. The molecule has 1 saturated carbocycles. The highest BCUT2D eigenvalue weighted by Crippen LogP contribution is 2.33. The number of benzene rings is 1. The van der Waals surface area contributed by atoms with Crippen LogP contribution in [0.3, 0.4) is 0 Å². The zero-order chi connectivity index (χ0) is 45.0. The monoisotopic (exact) mass is 850 g/mol. The Bertz CT molecular complexity index is 1840. The van der Waals surface area contributed by atoms with Crippen LogP contribution in [0.25, 0.3) is 0 Å². The summed E-state index contributed by atoms with van der Waals surface area (Å²) >= 11 is 0. The first-order chi connectivity index (χ1) is 28.5. The first-order valence-corrected chi connectivity index (χ1v) is 21.9. The zero-order valence-electron chi connectivity index (χ0n) is 37.5. The largest absolute Gasteiger partial charge is 0.444 e. The molecule has 16 heteroatoms. The highest BCUT2D eigenvalue weighted by atomic mass is 16.6. The molecule has 1 aromatic carbocycles. The number of carbonyl (C=O) groups is 8. The maximum atomic E-state index is 14.8. The van der Waals surface area contributed by atoms with Gasteiger partial charge in [-0.25, -0.2) is 9.59 Å². The molecule has 3 aliphatic heterocycles. The van der Waals surface area contributed by atoms with Gasteiger partial charge in [-0.3, -0.25) is 33.7 Å². The number of rotatable bonds is 14. The Labute approximate surface area is 360 Å². The maximum Gasteiger partial charge on any atom is 0.410 e. The number of Topliss-reactive ketones (excluding diaryl/α,β-unsaturated/α-hetero) is 1. The number of amides is 8. The van der Waals surface area contributed by atoms with Crippen LogP contribution in [-0.4, -0.2) is 118 Å². The quantitative estimate of drug-likeness (QED) is 0.158. The summed E-state index contributed by atoms with van der Waals surface area (Å²) in [5.74, 6) is -3.48. The first kappa shape index (κ1) is 47.0. The number of piperidine rings is 1. The lowest BCUT2D eigenvalue weighted by Crippen LogP contribution is -2.62. The molecule has 336 valence electrons. The van der Waals surface area contributed by atoms with Crippen molar-refractivity contribution >= 4 is 47.4 Å². The highest BCUT2D eigenvalue weighted by molar-refractivity contribution is 6.38. The molecule has 16 nitrogen and oxygen atoms in total.